The third-order valence-corrected chi connectivity index (χ3v) is 2.22. The maximum absolute atomic E-state index is 12.6. The van der Waals surface area contributed by atoms with Crippen LogP contribution in [0.2, 0.25) is 0 Å². The molecule has 2 N–H and O–H groups in total. The SMILES string of the molecule is C=CC(=O)OCNC(=O)OCC(F)(F)S(=O)(=O)O. The Morgan fingerprint density at radius 1 is 1.39 bits per heavy atom. The second kappa shape index (κ2) is 6.26. The third-order valence-electron chi connectivity index (χ3n) is 1.35. The fourth-order valence-corrected chi connectivity index (χ4v) is 0.708. The van der Waals surface area contributed by atoms with Crippen LogP contribution in [0.1, 0.15) is 0 Å². The van der Waals surface area contributed by atoms with E-state index in [1.807, 2.05) is 0 Å². The predicted octanol–water partition coefficient (Wildman–Crippen LogP) is -0.120. The van der Waals surface area contributed by atoms with Gasteiger partial charge in [-0.3, -0.25) is 9.87 Å². The highest BCUT2D eigenvalue weighted by Gasteiger charge is 2.45. The van der Waals surface area contributed by atoms with Gasteiger partial charge in [0.1, 0.15) is 0 Å². The summed E-state index contributed by atoms with van der Waals surface area (Å²) in [4.78, 5) is 21.2. The van der Waals surface area contributed by atoms with Gasteiger partial charge in [0, 0.05) is 6.08 Å². The standard InChI is InChI=1S/C7H9F2NO7S/c1-2-5(11)17-4-10-6(12)16-3-7(8,9)18(13,14)15/h2H,1,3-4H2,(H,10,12)(H,13,14,15). The number of alkyl halides is 2. The first-order valence-electron chi connectivity index (χ1n) is 4.15. The average molecular weight is 289 g/mol. The molecule has 0 aliphatic rings. The fourth-order valence-electron chi connectivity index (χ4n) is 0.500. The largest absolute Gasteiger partial charge is 0.442 e. The van der Waals surface area contributed by atoms with Crippen molar-refractivity contribution in [1.29, 1.82) is 0 Å². The molecular formula is C7H9F2NO7S. The molecule has 0 saturated carbocycles. The summed E-state index contributed by atoms with van der Waals surface area (Å²) < 4.78 is 61.4. The number of carbonyl (C=O) groups excluding carboxylic acids is 2. The van der Waals surface area contributed by atoms with E-state index in [0.717, 1.165) is 6.08 Å². The van der Waals surface area contributed by atoms with Gasteiger partial charge < -0.3 is 9.47 Å². The fraction of sp³-hybridized carbons (Fsp3) is 0.429. The molecule has 8 nitrogen and oxygen atoms in total. The van der Waals surface area contributed by atoms with Crippen LogP contribution in [0.25, 0.3) is 0 Å². The van der Waals surface area contributed by atoms with Crippen molar-refractivity contribution in [2.24, 2.45) is 0 Å². The van der Waals surface area contributed by atoms with Crippen LogP contribution >= 0.6 is 0 Å². The van der Waals surface area contributed by atoms with Gasteiger partial charge in [-0.15, -0.1) is 0 Å². The molecule has 1 amide bonds. The number of amides is 1. The zero-order valence-electron chi connectivity index (χ0n) is 8.76. The highest BCUT2D eigenvalue weighted by atomic mass is 32.2. The van der Waals surface area contributed by atoms with Crippen molar-refractivity contribution in [2.45, 2.75) is 5.25 Å². The van der Waals surface area contributed by atoms with Crippen LogP contribution in [-0.2, 0) is 24.4 Å². The van der Waals surface area contributed by atoms with Crippen molar-refractivity contribution in [3.05, 3.63) is 12.7 Å². The first-order valence-corrected chi connectivity index (χ1v) is 5.59. The maximum atomic E-state index is 12.6. The van der Waals surface area contributed by atoms with E-state index < -0.39 is 40.8 Å². The van der Waals surface area contributed by atoms with Crippen LogP contribution in [0.5, 0.6) is 0 Å². The van der Waals surface area contributed by atoms with Crippen LogP contribution in [0.4, 0.5) is 13.6 Å². The molecule has 0 aromatic heterocycles. The molecule has 0 aliphatic carbocycles. The smallest absolute Gasteiger partial charge is 0.410 e. The first-order chi connectivity index (χ1) is 8.10. The van der Waals surface area contributed by atoms with E-state index >= 15 is 0 Å². The summed E-state index contributed by atoms with van der Waals surface area (Å²) in [7, 11) is -5.67. The molecule has 0 aromatic carbocycles. The number of hydrogen-bond acceptors (Lipinski definition) is 6. The van der Waals surface area contributed by atoms with Gasteiger partial charge in [0.25, 0.3) is 0 Å². The van der Waals surface area contributed by atoms with Crippen LogP contribution in [0, 0.1) is 0 Å². The number of hydrogen-bond donors (Lipinski definition) is 2. The summed E-state index contributed by atoms with van der Waals surface area (Å²) in [6.45, 7) is 0.481. The Balaban J connectivity index is 4.05. The lowest BCUT2D eigenvalue weighted by Crippen LogP contribution is -2.37. The molecule has 0 unspecified atom stereocenters. The Bertz CT molecular complexity index is 433. The van der Waals surface area contributed by atoms with E-state index in [-0.39, 0.29) is 0 Å². The zero-order chi connectivity index (χ0) is 14.4. The Labute approximate surface area is 100 Å². The number of alkyl carbamates (subject to hydrolysis) is 1. The van der Waals surface area contributed by atoms with Gasteiger partial charge in [0.2, 0.25) is 0 Å². The Morgan fingerprint density at radius 3 is 2.39 bits per heavy atom. The molecule has 11 heteroatoms. The summed E-state index contributed by atoms with van der Waals surface area (Å²) in [5.41, 5.74) is 0. The van der Waals surface area contributed by atoms with E-state index in [2.05, 4.69) is 16.1 Å². The van der Waals surface area contributed by atoms with E-state index in [4.69, 9.17) is 4.55 Å². The molecule has 0 aromatic rings. The monoisotopic (exact) mass is 289 g/mol. The van der Waals surface area contributed by atoms with Gasteiger partial charge in [0.15, 0.2) is 13.3 Å². The number of carbonyl (C=O) groups is 2. The van der Waals surface area contributed by atoms with E-state index in [1.165, 1.54) is 0 Å². The minimum Gasteiger partial charge on any atom is -0.442 e. The zero-order valence-corrected chi connectivity index (χ0v) is 9.58. The van der Waals surface area contributed by atoms with Gasteiger partial charge >= 0.3 is 27.4 Å². The van der Waals surface area contributed by atoms with Crippen LogP contribution in [0.15, 0.2) is 12.7 Å². The molecule has 0 spiro atoms. The number of nitrogens with one attached hydrogen (secondary N) is 1. The van der Waals surface area contributed by atoms with Gasteiger partial charge in [0.05, 0.1) is 0 Å². The maximum Gasteiger partial charge on any atom is 0.410 e. The molecule has 0 saturated heterocycles. The lowest BCUT2D eigenvalue weighted by Gasteiger charge is -2.13. The predicted molar refractivity (Wildman–Crippen MR) is 52.1 cm³/mol. The summed E-state index contributed by atoms with van der Waals surface area (Å²) in [5, 5.41) is -2.91. The molecule has 0 rings (SSSR count). The van der Waals surface area contributed by atoms with Crippen molar-refractivity contribution in [3.8, 4) is 0 Å². The number of rotatable bonds is 6. The molecule has 0 atom stereocenters. The Kier molecular flexibility index (Phi) is 5.65. The van der Waals surface area contributed by atoms with E-state index in [1.54, 1.807) is 5.32 Å². The highest BCUT2D eigenvalue weighted by Crippen LogP contribution is 2.20. The minimum atomic E-state index is -5.67. The second-order valence-electron chi connectivity index (χ2n) is 2.68. The summed E-state index contributed by atoms with van der Waals surface area (Å²) in [5.74, 6) is -0.876. The van der Waals surface area contributed by atoms with Gasteiger partial charge in [-0.1, -0.05) is 6.58 Å². The molecule has 0 fully saturated rings. The summed E-state index contributed by atoms with van der Waals surface area (Å²) in [6, 6.07) is 0. The van der Waals surface area contributed by atoms with Crippen molar-refractivity contribution in [3.63, 3.8) is 0 Å². The third kappa shape index (κ3) is 5.54. The molecule has 0 radical (unpaired) electrons. The quantitative estimate of drug-likeness (QED) is 0.303. The molecular weight excluding hydrogens is 280 g/mol. The van der Waals surface area contributed by atoms with Crippen LogP contribution in [-0.4, -0.2) is 43.6 Å². The van der Waals surface area contributed by atoms with Gasteiger partial charge in [-0.05, 0) is 0 Å². The van der Waals surface area contributed by atoms with Crippen LogP contribution < -0.4 is 5.32 Å². The first kappa shape index (κ1) is 16.2. The molecule has 18 heavy (non-hydrogen) atoms. The van der Waals surface area contributed by atoms with Gasteiger partial charge in [-0.2, -0.15) is 17.2 Å². The number of esters is 1. The van der Waals surface area contributed by atoms with Crippen molar-refractivity contribution in [2.75, 3.05) is 13.3 Å². The molecule has 0 bridgehead atoms. The highest BCUT2D eigenvalue weighted by molar-refractivity contribution is 7.86. The Morgan fingerprint density at radius 2 is 1.94 bits per heavy atom. The normalized spacial score (nSPS) is 11.5. The van der Waals surface area contributed by atoms with Crippen molar-refractivity contribution < 1.29 is 40.8 Å². The Hall–Kier alpha value is -1.75. The summed E-state index contributed by atoms with van der Waals surface area (Å²) >= 11 is 0. The van der Waals surface area contributed by atoms with E-state index in [0.29, 0.717) is 0 Å². The molecule has 0 heterocycles. The molecule has 0 aliphatic heterocycles. The lowest BCUT2D eigenvalue weighted by atomic mass is 10.7. The second-order valence-corrected chi connectivity index (χ2v) is 4.22. The summed E-state index contributed by atoms with van der Waals surface area (Å²) in [6.07, 6.45) is -0.672. The topological polar surface area (TPSA) is 119 Å². The lowest BCUT2D eigenvalue weighted by molar-refractivity contribution is -0.138. The van der Waals surface area contributed by atoms with E-state index in [9.17, 15) is 26.8 Å². The van der Waals surface area contributed by atoms with Crippen molar-refractivity contribution >= 4 is 22.2 Å². The molecule has 104 valence electrons. The number of halogens is 2. The number of ether oxygens (including phenoxy) is 2. The van der Waals surface area contributed by atoms with Gasteiger partial charge in [-0.25, -0.2) is 9.59 Å². The van der Waals surface area contributed by atoms with Crippen molar-refractivity contribution in [1.82, 2.24) is 5.32 Å². The minimum absolute atomic E-state index is 0.679. The average Bonchev–Trinajstić information content (AvgIpc) is 2.24. The van der Waals surface area contributed by atoms with Crippen LogP contribution in [0.3, 0.4) is 0 Å².